The lowest BCUT2D eigenvalue weighted by atomic mass is 10.0. The Morgan fingerprint density at radius 3 is 2.57 bits per heavy atom. The lowest BCUT2D eigenvalue weighted by molar-refractivity contribution is -0.119. The van der Waals surface area contributed by atoms with Gasteiger partial charge in [0.1, 0.15) is 11.8 Å². The Kier molecular flexibility index (Phi) is 6.49. The van der Waals surface area contributed by atoms with E-state index in [-0.39, 0.29) is 29.2 Å². The van der Waals surface area contributed by atoms with Gasteiger partial charge in [0.25, 0.3) is 5.91 Å². The molecular weight excluding hydrogens is 444 g/mol. The molecule has 182 valence electrons. The van der Waals surface area contributed by atoms with Crippen LogP contribution in [0.1, 0.15) is 48.9 Å². The van der Waals surface area contributed by atoms with Crippen LogP contribution in [0.15, 0.2) is 54.6 Å². The summed E-state index contributed by atoms with van der Waals surface area (Å²) in [4.78, 5) is 28.1. The fraction of sp³-hybridized carbons (Fsp3) is 0.357. The maximum Gasteiger partial charge on any atom is 0.258 e. The van der Waals surface area contributed by atoms with E-state index in [1.807, 2.05) is 24.3 Å². The molecule has 5 rings (SSSR count). The van der Waals surface area contributed by atoms with E-state index in [0.717, 1.165) is 37.5 Å². The highest BCUT2D eigenvalue weighted by atomic mass is 16.5. The summed E-state index contributed by atoms with van der Waals surface area (Å²) in [6.07, 6.45) is 5.78. The standard InChI is InChI=1S/C28H30N2O5/c1-34-24-15-13-19(17-25(24)35-20-8-3-4-9-20)29-27(32)23-11-6-16-30(23)28(33)22-14-12-18-7-2-5-10-21(18)26(22)31/h2,5,7,10,12-15,17,20,23,31H,3-4,6,8-9,11,16H2,1H3,(H,29,32). The van der Waals surface area contributed by atoms with Crippen molar-refractivity contribution in [2.75, 3.05) is 19.0 Å². The number of rotatable bonds is 6. The van der Waals surface area contributed by atoms with Gasteiger partial charge in [-0.15, -0.1) is 0 Å². The number of carbonyl (C=O) groups excluding carboxylic acids is 2. The summed E-state index contributed by atoms with van der Waals surface area (Å²) in [5, 5.41) is 15.2. The van der Waals surface area contributed by atoms with Crippen molar-refractivity contribution in [1.29, 1.82) is 0 Å². The van der Waals surface area contributed by atoms with Crippen LogP contribution in [-0.4, -0.2) is 47.6 Å². The van der Waals surface area contributed by atoms with Gasteiger partial charge in [-0.2, -0.15) is 0 Å². The Bertz CT molecular complexity index is 1250. The Hall–Kier alpha value is -3.74. The number of amides is 2. The van der Waals surface area contributed by atoms with Crippen LogP contribution in [0.5, 0.6) is 17.2 Å². The molecule has 3 aromatic carbocycles. The number of anilines is 1. The molecule has 0 radical (unpaired) electrons. The van der Waals surface area contributed by atoms with E-state index in [1.54, 1.807) is 42.3 Å². The number of likely N-dealkylation sites (tertiary alicyclic amines) is 1. The number of nitrogens with zero attached hydrogens (tertiary/aromatic N) is 1. The van der Waals surface area contributed by atoms with Gasteiger partial charge >= 0.3 is 0 Å². The summed E-state index contributed by atoms with van der Waals surface area (Å²) in [5.41, 5.74) is 0.803. The zero-order valence-corrected chi connectivity index (χ0v) is 19.8. The number of hydrogen-bond donors (Lipinski definition) is 2. The molecule has 1 saturated carbocycles. The Balaban J connectivity index is 1.33. The van der Waals surface area contributed by atoms with Crippen LogP contribution < -0.4 is 14.8 Å². The minimum absolute atomic E-state index is 0.0528. The normalized spacial score (nSPS) is 18.1. The van der Waals surface area contributed by atoms with E-state index < -0.39 is 6.04 Å². The summed E-state index contributed by atoms with van der Waals surface area (Å²) in [7, 11) is 1.60. The second-order valence-corrected chi connectivity index (χ2v) is 9.22. The highest BCUT2D eigenvalue weighted by Crippen LogP contribution is 2.35. The third kappa shape index (κ3) is 4.63. The summed E-state index contributed by atoms with van der Waals surface area (Å²) < 4.78 is 11.6. The first-order valence-electron chi connectivity index (χ1n) is 12.2. The molecule has 1 atom stereocenters. The van der Waals surface area contributed by atoms with E-state index in [4.69, 9.17) is 9.47 Å². The Morgan fingerprint density at radius 2 is 1.77 bits per heavy atom. The van der Waals surface area contributed by atoms with E-state index >= 15 is 0 Å². The summed E-state index contributed by atoms with van der Waals surface area (Å²) in [6.45, 7) is 0.460. The molecule has 3 aromatic rings. The van der Waals surface area contributed by atoms with Crippen molar-refractivity contribution in [3.05, 3.63) is 60.2 Å². The lowest BCUT2D eigenvalue weighted by Gasteiger charge is -2.25. The van der Waals surface area contributed by atoms with Gasteiger partial charge < -0.3 is 24.8 Å². The highest BCUT2D eigenvalue weighted by molar-refractivity contribution is 6.06. The summed E-state index contributed by atoms with van der Waals surface area (Å²) in [5.74, 6) is 0.582. The van der Waals surface area contributed by atoms with Crippen molar-refractivity contribution in [2.45, 2.75) is 50.7 Å². The van der Waals surface area contributed by atoms with E-state index in [0.29, 0.717) is 35.5 Å². The number of phenolic OH excluding ortho intramolecular Hbond substituents is 1. The molecular formula is C28H30N2O5. The van der Waals surface area contributed by atoms with Crippen LogP contribution in [-0.2, 0) is 4.79 Å². The van der Waals surface area contributed by atoms with Crippen LogP contribution in [0.25, 0.3) is 10.8 Å². The molecule has 35 heavy (non-hydrogen) atoms. The van der Waals surface area contributed by atoms with Gasteiger partial charge in [-0.1, -0.05) is 30.3 Å². The second kappa shape index (κ2) is 9.86. The van der Waals surface area contributed by atoms with Crippen molar-refractivity contribution in [3.8, 4) is 17.2 Å². The molecule has 1 aliphatic carbocycles. The van der Waals surface area contributed by atoms with Gasteiger partial charge in [-0.25, -0.2) is 0 Å². The summed E-state index contributed by atoms with van der Waals surface area (Å²) >= 11 is 0. The minimum Gasteiger partial charge on any atom is -0.506 e. The third-order valence-electron chi connectivity index (χ3n) is 6.97. The molecule has 1 saturated heterocycles. The van der Waals surface area contributed by atoms with Crippen LogP contribution >= 0.6 is 0 Å². The number of phenols is 1. The predicted molar refractivity (Wildman–Crippen MR) is 134 cm³/mol. The SMILES string of the molecule is COc1ccc(NC(=O)C2CCCN2C(=O)c2ccc3ccccc3c2O)cc1OC1CCCC1. The van der Waals surface area contributed by atoms with Crippen molar-refractivity contribution >= 4 is 28.3 Å². The molecule has 0 bridgehead atoms. The summed E-state index contributed by atoms with van der Waals surface area (Å²) in [6, 6.07) is 15.5. The molecule has 1 aliphatic heterocycles. The third-order valence-corrected chi connectivity index (χ3v) is 6.97. The molecule has 2 amide bonds. The maximum atomic E-state index is 13.4. The number of fused-ring (bicyclic) bond motifs is 1. The Morgan fingerprint density at radius 1 is 0.971 bits per heavy atom. The number of methoxy groups -OCH3 is 1. The predicted octanol–water partition coefficient (Wildman–Crippen LogP) is 5.12. The van der Waals surface area contributed by atoms with E-state index in [9.17, 15) is 14.7 Å². The number of ether oxygens (including phenoxy) is 2. The number of benzene rings is 3. The zero-order valence-electron chi connectivity index (χ0n) is 19.8. The topological polar surface area (TPSA) is 88.1 Å². The zero-order chi connectivity index (χ0) is 24.4. The fourth-order valence-corrected chi connectivity index (χ4v) is 5.12. The van der Waals surface area contributed by atoms with Gasteiger partial charge in [-0.05, 0) is 62.1 Å². The van der Waals surface area contributed by atoms with Crippen LogP contribution in [0.4, 0.5) is 5.69 Å². The van der Waals surface area contributed by atoms with Gasteiger partial charge in [0.05, 0.1) is 18.8 Å². The molecule has 1 unspecified atom stereocenters. The molecule has 1 heterocycles. The van der Waals surface area contributed by atoms with Crippen LogP contribution in [0, 0.1) is 0 Å². The largest absolute Gasteiger partial charge is 0.506 e. The van der Waals surface area contributed by atoms with Gasteiger partial charge in [0, 0.05) is 23.7 Å². The number of aromatic hydroxyl groups is 1. The molecule has 0 aromatic heterocycles. The van der Waals surface area contributed by atoms with Crippen molar-refractivity contribution in [3.63, 3.8) is 0 Å². The van der Waals surface area contributed by atoms with Crippen molar-refractivity contribution in [2.24, 2.45) is 0 Å². The molecule has 0 spiro atoms. The van der Waals surface area contributed by atoms with Crippen molar-refractivity contribution < 1.29 is 24.2 Å². The minimum atomic E-state index is -0.616. The number of carbonyl (C=O) groups is 2. The smallest absolute Gasteiger partial charge is 0.258 e. The number of nitrogens with one attached hydrogen (secondary N) is 1. The molecule has 2 aliphatic rings. The quantitative estimate of drug-likeness (QED) is 0.518. The van der Waals surface area contributed by atoms with Crippen molar-refractivity contribution in [1.82, 2.24) is 4.90 Å². The lowest BCUT2D eigenvalue weighted by Crippen LogP contribution is -2.43. The van der Waals surface area contributed by atoms with Gasteiger partial charge in [-0.3, -0.25) is 9.59 Å². The first-order chi connectivity index (χ1) is 17.0. The molecule has 2 N–H and O–H groups in total. The average molecular weight is 475 g/mol. The molecule has 7 nitrogen and oxygen atoms in total. The van der Waals surface area contributed by atoms with Gasteiger partial charge in [0.15, 0.2) is 11.5 Å². The average Bonchev–Trinajstić information content (AvgIpc) is 3.57. The molecule has 7 heteroatoms. The molecule has 2 fully saturated rings. The Labute approximate surface area is 204 Å². The van der Waals surface area contributed by atoms with Crippen LogP contribution in [0.2, 0.25) is 0 Å². The monoisotopic (exact) mass is 474 g/mol. The first kappa shape index (κ1) is 23.0. The first-order valence-corrected chi connectivity index (χ1v) is 12.2. The fourth-order valence-electron chi connectivity index (χ4n) is 5.12. The highest BCUT2D eigenvalue weighted by Gasteiger charge is 2.35. The second-order valence-electron chi connectivity index (χ2n) is 9.22. The van der Waals surface area contributed by atoms with Gasteiger partial charge in [0.2, 0.25) is 5.91 Å². The van der Waals surface area contributed by atoms with Crippen LogP contribution in [0.3, 0.4) is 0 Å². The maximum absolute atomic E-state index is 13.4. The van der Waals surface area contributed by atoms with E-state index in [2.05, 4.69) is 5.32 Å². The van der Waals surface area contributed by atoms with E-state index in [1.165, 1.54) is 0 Å². The number of hydrogen-bond acceptors (Lipinski definition) is 5.